The minimum Gasteiger partial charge on any atom is -0.506 e. The topological polar surface area (TPSA) is 62.2 Å². The van der Waals surface area contributed by atoms with E-state index in [9.17, 15) is 9.90 Å². The first-order valence-electron chi connectivity index (χ1n) is 6.73. The number of aromatic nitrogens is 1. The fourth-order valence-electron chi connectivity index (χ4n) is 2.47. The quantitative estimate of drug-likeness (QED) is 0.820. The highest BCUT2D eigenvalue weighted by Crippen LogP contribution is 2.38. The van der Waals surface area contributed by atoms with Crippen molar-refractivity contribution in [3.63, 3.8) is 0 Å². The lowest BCUT2D eigenvalue weighted by Gasteiger charge is -2.10. The lowest BCUT2D eigenvalue weighted by molar-refractivity contribution is -0.110. The molecule has 0 aliphatic carbocycles. The number of hydrogen-bond acceptors (Lipinski definition) is 3. The van der Waals surface area contributed by atoms with E-state index in [1.807, 2.05) is 13.0 Å². The fourth-order valence-corrected chi connectivity index (χ4v) is 2.47. The maximum absolute atomic E-state index is 12.1. The molecule has 0 radical (unpaired) electrons. The molecule has 0 spiro atoms. The van der Waals surface area contributed by atoms with Gasteiger partial charge < -0.3 is 10.4 Å². The van der Waals surface area contributed by atoms with Crippen molar-refractivity contribution in [1.82, 2.24) is 4.98 Å². The van der Waals surface area contributed by atoms with Gasteiger partial charge >= 0.3 is 0 Å². The van der Waals surface area contributed by atoms with E-state index in [-0.39, 0.29) is 11.7 Å². The van der Waals surface area contributed by atoms with Gasteiger partial charge in [-0.3, -0.25) is 4.79 Å². The van der Waals surface area contributed by atoms with E-state index in [1.165, 1.54) is 0 Å². The second-order valence-electron chi connectivity index (χ2n) is 5.01. The molecular formula is C15H20N2O2. The molecular weight excluding hydrogens is 240 g/mol. The van der Waals surface area contributed by atoms with Gasteiger partial charge in [0.25, 0.3) is 5.91 Å². The number of amides is 1. The summed E-state index contributed by atoms with van der Waals surface area (Å²) in [4.78, 5) is 16.3. The number of aromatic hydroxyl groups is 1. The number of rotatable bonds is 3. The van der Waals surface area contributed by atoms with Crippen molar-refractivity contribution >= 4 is 17.3 Å². The largest absolute Gasteiger partial charge is 0.506 e. The number of carbonyl (C=O) groups excluding carboxylic acids is 1. The molecule has 0 fully saturated rings. The third kappa shape index (κ3) is 2.23. The van der Waals surface area contributed by atoms with Gasteiger partial charge in [0.05, 0.1) is 5.69 Å². The molecule has 1 amide bonds. The Labute approximate surface area is 113 Å². The van der Waals surface area contributed by atoms with Crippen LogP contribution in [0.5, 0.6) is 5.75 Å². The van der Waals surface area contributed by atoms with Gasteiger partial charge in [-0.1, -0.05) is 19.9 Å². The average Bonchev–Trinajstić information content (AvgIpc) is 2.69. The van der Waals surface area contributed by atoms with Crippen LogP contribution in [0.25, 0.3) is 5.57 Å². The van der Waals surface area contributed by atoms with Gasteiger partial charge in [-0.2, -0.15) is 0 Å². The van der Waals surface area contributed by atoms with Crippen molar-refractivity contribution in [3.05, 3.63) is 22.9 Å². The first-order valence-corrected chi connectivity index (χ1v) is 6.73. The summed E-state index contributed by atoms with van der Waals surface area (Å²) in [5.74, 6) is 0.984. The zero-order chi connectivity index (χ0) is 14.2. The number of allylic oxidation sites excluding steroid dienone is 1. The van der Waals surface area contributed by atoms with Gasteiger partial charge in [0, 0.05) is 16.7 Å². The molecule has 19 heavy (non-hydrogen) atoms. The highest BCUT2D eigenvalue weighted by atomic mass is 16.3. The van der Waals surface area contributed by atoms with Gasteiger partial charge in [0.1, 0.15) is 11.6 Å². The molecule has 1 aromatic rings. The Balaban J connectivity index is 2.58. The van der Waals surface area contributed by atoms with E-state index in [4.69, 9.17) is 0 Å². The molecule has 2 heterocycles. The molecule has 4 nitrogen and oxygen atoms in total. The molecule has 2 rings (SSSR count). The number of fused-ring (bicyclic) bond motifs is 1. The number of nitrogens with zero attached hydrogens (tertiary/aromatic N) is 1. The third-order valence-corrected chi connectivity index (χ3v) is 3.79. The number of hydrogen-bond donors (Lipinski definition) is 2. The third-order valence-electron chi connectivity index (χ3n) is 3.79. The fraction of sp³-hybridized carbons (Fsp3) is 0.467. The van der Waals surface area contributed by atoms with Crippen molar-refractivity contribution in [2.75, 3.05) is 5.32 Å². The van der Waals surface area contributed by atoms with E-state index in [0.717, 1.165) is 24.0 Å². The van der Waals surface area contributed by atoms with E-state index in [1.54, 1.807) is 6.92 Å². The lowest BCUT2D eigenvalue weighted by Crippen LogP contribution is -2.06. The standard InChI is InChI=1S/C15H20N2O2/c1-5-10(6-2)7-11-12-8(3)13(18)9(4)16-14(12)17-15(11)19/h7,10,18H,5-6H2,1-4H3,(H,16,17,19). The van der Waals surface area contributed by atoms with Crippen LogP contribution >= 0.6 is 0 Å². The maximum Gasteiger partial charge on any atom is 0.257 e. The summed E-state index contributed by atoms with van der Waals surface area (Å²) in [7, 11) is 0. The maximum atomic E-state index is 12.1. The molecule has 0 atom stereocenters. The molecule has 0 unspecified atom stereocenters. The molecule has 1 aliphatic heterocycles. The summed E-state index contributed by atoms with van der Waals surface area (Å²) >= 11 is 0. The molecule has 0 saturated carbocycles. The summed E-state index contributed by atoms with van der Waals surface area (Å²) in [5, 5.41) is 12.8. The van der Waals surface area contributed by atoms with Gasteiger partial charge in [-0.15, -0.1) is 0 Å². The molecule has 2 N–H and O–H groups in total. The molecule has 0 bridgehead atoms. The van der Waals surface area contributed by atoms with Crippen LogP contribution in [0.3, 0.4) is 0 Å². The van der Waals surface area contributed by atoms with E-state index in [0.29, 0.717) is 23.0 Å². The minimum atomic E-state index is -0.123. The monoisotopic (exact) mass is 260 g/mol. The predicted octanol–water partition coefficient (Wildman–Crippen LogP) is 3.18. The van der Waals surface area contributed by atoms with Crippen molar-refractivity contribution in [1.29, 1.82) is 0 Å². The number of nitrogens with one attached hydrogen (secondary N) is 1. The van der Waals surface area contributed by atoms with E-state index in [2.05, 4.69) is 24.1 Å². The molecule has 102 valence electrons. The van der Waals surface area contributed by atoms with Crippen LogP contribution in [0, 0.1) is 19.8 Å². The summed E-state index contributed by atoms with van der Waals surface area (Å²) in [5.41, 5.74) is 2.65. The molecule has 1 aliphatic rings. The predicted molar refractivity (Wildman–Crippen MR) is 76.1 cm³/mol. The Hall–Kier alpha value is -1.84. The SMILES string of the molecule is CCC(C=C1C(=O)Nc2nc(C)c(O)c(C)c21)CC. The number of pyridine rings is 1. The van der Waals surface area contributed by atoms with Gasteiger partial charge in [0.2, 0.25) is 0 Å². The summed E-state index contributed by atoms with van der Waals surface area (Å²) in [6.45, 7) is 7.77. The Morgan fingerprint density at radius 1 is 1.32 bits per heavy atom. The highest BCUT2D eigenvalue weighted by Gasteiger charge is 2.29. The van der Waals surface area contributed by atoms with Crippen LogP contribution in [0.4, 0.5) is 5.82 Å². The van der Waals surface area contributed by atoms with Crippen molar-refractivity contribution < 1.29 is 9.90 Å². The Morgan fingerprint density at radius 3 is 2.53 bits per heavy atom. The smallest absolute Gasteiger partial charge is 0.257 e. The van der Waals surface area contributed by atoms with Gasteiger partial charge in [-0.05, 0) is 32.6 Å². The zero-order valence-electron chi connectivity index (χ0n) is 11.9. The molecule has 0 saturated heterocycles. The second-order valence-corrected chi connectivity index (χ2v) is 5.01. The first-order chi connectivity index (χ1) is 8.99. The van der Waals surface area contributed by atoms with Crippen LogP contribution in [-0.2, 0) is 4.79 Å². The van der Waals surface area contributed by atoms with Crippen molar-refractivity contribution in [3.8, 4) is 5.75 Å². The summed E-state index contributed by atoms with van der Waals surface area (Å²) < 4.78 is 0. The van der Waals surface area contributed by atoms with Crippen LogP contribution in [0.1, 0.15) is 43.5 Å². The Kier molecular flexibility index (Phi) is 3.60. The lowest BCUT2D eigenvalue weighted by atomic mass is 9.95. The zero-order valence-corrected chi connectivity index (χ0v) is 11.9. The first kappa shape index (κ1) is 13.6. The number of carbonyl (C=O) groups is 1. The van der Waals surface area contributed by atoms with Crippen LogP contribution in [0.2, 0.25) is 0 Å². The second kappa shape index (κ2) is 5.03. The summed E-state index contributed by atoms with van der Waals surface area (Å²) in [6.07, 6.45) is 3.99. The van der Waals surface area contributed by atoms with E-state index >= 15 is 0 Å². The van der Waals surface area contributed by atoms with Crippen LogP contribution in [0.15, 0.2) is 6.08 Å². The van der Waals surface area contributed by atoms with Gasteiger partial charge in [-0.25, -0.2) is 4.98 Å². The van der Waals surface area contributed by atoms with Crippen LogP contribution in [-0.4, -0.2) is 16.0 Å². The summed E-state index contributed by atoms with van der Waals surface area (Å²) in [6, 6.07) is 0. The van der Waals surface area contributed by atoms with Crippen molar-refractivity contribution in [2.45, 2.75) is 40.5 Å². The number of aryl methyl sites for hydroxylation is 1. The van der Waals surface area contributed by atoms with Crippen molar-refractivity contribution in [2.24, 2.45) is 5.92 Å². The Bertz CT molecular complexity index is 558. The molecule has 4 heteroatoms. The van der Waals surface area contributed by atoms with Gasteiger partial charge in [0.15, 0.2) is 0 Å². The molecule has 0 aromatic carbocycles. The normalized spacial score (nSPS) is 16.1. The average molecular weight is 260 g/mol. The van der Waals surface area contributed by atoms with E-state index < -0.39 is 0 Å². The highest BCUT2D eigenvalue weighted by molar-refractivity contribution is 6.31. The van der Waals surface area contributed by atoms with Crippen LogP contribution < -0.4 is 5.32 Å². The number of anilines is 1. The Morgan fingerprint density at radius 2 is 1.95 bits per heavy atom. The molecule has 1 aromatic heterocycles. The minimum absolute atomic E-state index is 0.123.